The largest absolute Gasteiger partial charge is 0.454 e. The highest BCUT2D eigenvalue weighted by Crippen LogP contribution is 2.55. The van der Waals surface area contributed by atoms with Crippen molar-refractivity contribution >= 4 is 90.4 Å². The molecule has 7 heteroatoms. The van der Waals surface area contributed by atoms with Gasteiger partial charge in [-0.05, 0) is 142 Å². The molecule has 3 heterocycles. The summed E-state index contributed by atoms with van der Waals surface area (Å²) in [7, 11) is 0. The van der Waals surface area contributed by atoms with Crippen LogP contribution in [-0.4, -0.2) is 0 Å². The van der Waals surface area contributed by atoms with Gasteiger partial charge in [-0.1, -0.05) is 128 Å². The second kappa shape index (κ2) is 15.1. The number of nitrogens with zero attached hydrogens (tertiary/aromatic N) is 2. The molecule has 0 bridgehead atoms. The number of rotatable bonds is 6. The summed E-state index contributed by atoms with van der Waals surface area (Å²) >= 11 is 3.64. The van der Waals surface area contributed by atoms with Gasteiger partial charge in [0.15, 0.2) is 28.6 Å². The van der Waals surface area contributed by atoms with Crippen LogP contribution >= 0.6 is 23.5 Å². The third-order valence-electron chi connectivity index (χ3n) is 13.7. The highest BCUT2D eigenvalue weighted by atomic mass is 32.2. The molecule has 5 nitrogen and oxygen atoms in total. The Morgan fingerprint density at radius 1 is 0.382 bits per heavy atom. The third kappa shape index (κ3) is 6.19. The summed E-state index contributed by atoms with van der Waals surface area (Å²) in [5.74, 6) is 2.71. The highest BCUT2D eigenvalue weighted by molar-refractivity contribution is 8.05. The van der Waals surface area contributed by atoms with E-state index in [1.54, 1.807) is 0 Å². The van der Waals surface area contributed by atoms with E-state index in [0.29, 0.717) is 23.0 Å². The first-order chi connectivity index (χ1) is 33.4. The predicted octanol–water partition coefficient (Wildman–Crippen LogP) is 18.5. The molecule has 0 saturated heterocycles. The summed E-state index contributed by atoms with van der Waals surface area (Å²) in [5.41, 5.74) is 12.5. The Kier molecular flexibility index (Phi) is 8.73. The Bertz CT molecular complexity index is 3780. The molecule has 1 aliphatic carbocycles. The third-order valence-corrected chi connectivity index (χ3v) is 16.2. The first kappa shape index (κ1) is 39.3. The molecule has 0 atom stereocenters. The zero-order valence-electron chi connectivity index (χ0n) is 37.1. The number of hydrogen-bond donors (Lipinski definition) is 0. The van der Waals surface area contributed by atoms with E-state index in [0.717, 1.165) is 56.1 Å². The van der Waals surface area contributed by atoms with Crippen LogP contribution < -0.4 is 19.3 Å². The lowest BCUT2D eigenvalue weighted by molar-refractivity contribution is 0.360. The summed E-state index contributed by atoms with van der Waals surface area (Å²) in [5, 5.41) is 4.57. The Balaban J connectivity index is 0.995. The van der Waals surface area contributed by atoms with Gasteiger partial charge in [-0.2, -0.15) is 0 Å². The molecule has 0 radical (unpaired) electrons. The predicted molar refractivity (Wildman–Crippen MR) is 279 cm³/mol. The zero-order chi connectivity index (χ0) is 45.1. The van der Waals surface area contributed by atoms with Crippen molar-refractivity contribution in [2.45, 2.75) is 38.8 Å². The lowest BCUT2D eigenvalue weighted by Gasteiger charge is -2.31. The van der Waals surface area contributed by atoms with Crippen molar-refractivity contribution in [3.05, 3.63) is 217 Å². The Morgan fingerprint density at radius 2 is 0.985 bits per heavy atom. The number of ether oxygens (including phenoxy) is 2. The van der Waals surface area contributed by atoms with Crippen molar-refractivity contribution in [3.63, 3.8) is 0 Å². The van der Waals surface area contributed by atoms with Crippen molar-refractivity contribution in [2.75, 3.05) is 9.80 Å². The molecule has 11 aromatic rings. The second-order valence-corrected chi connectivity index (χ2v) is 20.3. The Morgan fingerprint density at radius 3 is 1.81 bits per heavy atom. The quantitative estimate of drug-likeness (QED) is 0.165. The average molecular weight is 913 g/mol. The summed E-state index contributed by atoms with van der Waals surface area (Å²) in [4.78, 5) is 9.69. The first-order valence-corrected chi connectivity index (χ1v) is 24.5. The molecule has 0 N–H and O–H groups in total. The molecule has 10 aromatic carbocycles. The standard InChI is InChI=1S/C61H40N2O3S2/c1-61(2)48-31-38-15-7-6-14-37(38)30-46(48)44-27-24-40(33-49(44)61)63(39-16-4-3-5-17-39)50-34-43(32-47-45-18-8-9-19-51(45)66-60(47)50)62(41-25-28-54-55(35-41)65-53-21-11-10-20-52(53)64-54)42-26-29-58-59(36-42)68-57-23-13-12-22-56(57)67-58/h3-36H,1-2H3. The van der Waals surface area contributed by atoms with E-state index in [2.05, 4.69) is 194 Å². The van der Waals surface area contributed by atoms with Crippen LogP contribution in [0.2, 0.25) is 0 Å². The van der Waals surface area contributed by atoms with Crippen LogP contribution in [0.5, 0.6) is 23.0 Å². The van der Waals surface area contributed by atoms with Crippen molar-refractivity contribution in [1.82, 2.24) is 0 Å². The van der Waals surface area contributed by atoms with Crippen LogP contribution in [0, 0.1) is 0 Å². The Labute approximate surface area is 402 Å². The molecule has 0 amide bonds. The fraction of sp³-hybridized carbons (Fsp3) is 0.0492. The lowest BCUT2D eigenvalue weighted by Crippen LogP contribution is -2.17. The van der Waals surface area contributed by atoms with E-state index < -0.39 is 0 Å². The molecule has 0 fully saturated rings. The van der Waals surface area contributed by atoms with Gasteiger partial charge in [0.2, 0.25) is 0 Å². The van der Waals surface area contributed by atoms with Crippen LogP contribution in [0.25, 0.3) is 43.8 Å². The van der Waals surface area contributed by atoms with Gasteiger partial charge in [0.05, 0.1) is 11.4 Å². The average Bonchev–Trinajstić information content (AvgIpc) is 3.86. The second-order valence-electron chi connectivity index (χ2n) is 18.1. The fourth-order valence-electron chi connectivity index (χ4n) is 10.4. The number of furan rings is 1. The number of hydrogen-bond acceptors (Lipinski definition) is 7. The normalized spacial score (nSPS) is 13.7. The van der Waals surface area contributed by atoms with Crippen molar-refractivity contribution < 1.29 is 13.9 Å². The topological polar surface area (TPSA) is 38.1 Å². The number of anilines is 6. The molecule has 3 aliphatic rings. The van der Waals surface area contributed by atoms with E-state index in [4.69, 9.17) is 13.9 Å². The monoisotopic (exact) mass is 912 g/mol. The fourth-order valence-corrected chi connectivity index (χ4v) is 12.6. The molecular formula is C61H40N2O3S2. The van der Waals surface area contributed by atoms with Crippen molar-refractivity contribution in [3.8, 4) is 34.1 Å². The van der Waals surface area contributed by atoms with E-state index in [1.165, 1.54) is 52.6 Å². The van der Waals surface area contributed by atoms with Crippen molar-refractivity contribution in [1.29, 1.82) is 0 Å². The van der Waals surface area contributed by atoms with E-state index in [9.17, 15) is 0 Å². The molecule has 14 rings (SSSR count). The van der Waals surface area contributed by atoms with Crippen LogP contribution in [0.3, 0.4) is 0 Å². The van der Waals surface area contributed by atoms with Crippen LogP contribution in [-0.2, 0) is 5.41 Å². The van der Waals surface area contributed by atoms with Crippen LogP contribution in [0.1, 0.15) is 25.0 Å². The minimum atomic E-state index is -0.234. The molecule has 0 unspecified atom stereocenters. The maximum absolute atomic E-state index is 6.99. The van der Waals surface area contributed by atoms with Gasteiger partial charge in [0, 0.05) is 64.6 Å². The summed E-state index contributed by atoms with van der Waals surface area (Å²) in [6.07, 6.45) is 0. The minimum absolute atomic E-state index is 0.234. The van der Waals surface area contributed by atoms with Gasteiger partial charge in [0.25, 0.3) is 0 Å². The number of benzene rings is 10. The zero-order valence-corrected chi connectivity index (χ0v) is 38.7. The van der Waals surface area contributed by atoms with Gasteiger partial charge >= 0.3 is 0 Å². The maximum atomic E-state index is 6.99. The lowest BCUT2D eigenvalue weighted by atomic mass is 9.81. The summed E-state index contributed by atoms with van der Waals surface area (Å²) in [6.45, 7) is 4.72. The maximum Gasteiger partial charge on any atom is 0.172 e. The summed E-state index contributed by atoms with van der Waals surface area (Å²) < 4.78 is 20.0. The summed E-state index contributed by atoms with van der Waals surface area (Å²) in [6, 6.07) is 73.6. The number of para-hydroxylation sites is 4. The smallest absolute Gasteiger partial charge is 0.172 e. The SMILES string of the molecule is CC1(C)c2cc(N(c3ccccc3)c3cc(N(c4ccc5c(c4)Oc4ccccc4O5)c4ccc5c(c4)Sc4ccccc4S5)cc4c3oc3ccccc34)ccc2-c2cc3ccccc3cc21. The van der Waals surface area contributed by atoms with Gasteiger partial charge in [-0.3, -0.25) is 0 Å². The van der Waals surface area contributed by atoms with Gasteiger partial charge < -0.3 is 23.7 Å². The number of fused-ring (bicyclic) bond motifs is 11. The van der Waals surface area contributed by atoms with E-state index >= 15 is 0 Å². The molecule has 0 spiro atoms. The Hall–Kier alpha value is -7.84. The van der Waals surface area contributed by atoms with Gasteiger partial charge in [-0.25, -0.2) is 0 Å². The highest BCUT2D eigenvalue weighted by Gasteiger charge is 2.37. The van der Waals surface area contributed by atoms with Gasteiger partial charge in [-0.15, -0.1) is 0 Å². The van der Waals surface area contributed by atoms with Crippen LogP contribution in [0.15, 0.2) is 230 Å². The molecule has 0 saturated carbocycles. The minimum Gasteiger partial charge on any atom is -0.454 e. The molecule has 68 heavy (non-hydrogen) atoms. The molecule has 2 aliphatic heterocycles. The molecular weight excluding hydrogens is 873 g/mol. The van der Waals surface area contributed by atoms with E-state index in [1.807, 2.05) is 59.9 Å². The molecule has 324 valence electrons. The van der Waals surface area contributed by atoms with E-state index in [-0.39, 0.29) is 5.41 Å². The van der Waals surface area contributed by atoms with Crippen LogP contribution in [0.4, 0.5) is 34.1 Å². The molecule has 1 aromatic heterocycles. The van der Waals surface area contributed by atoms with Gasteiger partial charge in [0.1, 0.15) is 5.58 Å². The first-order valence-electron chi connectivity index (χ1n) is 22.9. The van der Waals surface area contributed by atoms with Crippen molar-refractivity contribution in [2.24, 2.45) is 0 Å².